The van der Waals surface area contributed by atoms with Crippen LogP contribution < -0.4 is 0 Å². The molecule has 0 saturated carbocycles. The molecule has 2 aromatic heterocycles. The molecule has 0 saturated heterocycles. The van der Waals surface area contributed by atoms with Crippen LogP contribution in [0, 0.1) is 0 Å². The molecule has 0 aromatic carbocycles. The molecule has 16 heteroatoms. The first kappa shape index (κ1) is 31.9. The van der Waals surface area contributed by atoms with Crippen molar-refractivity contribution >= 4 is 64.0 Å². The summed E-state index contributed by atoms with van der Waals surface area (Å²) in [5, 5.41) is -5.11. The molecule has 6 nitrogen and oxygen atoms in total. The van der Waals surface area contributed by atoms with Crippen LogP contribution in [-0.2, 0) is 25.9 Å². The lowest BCUT2D eigenvalue weighted by molar-refractivity contribution is -0.157. The third kappa shape index (κ3) is 11.8. The Balaban J connectivity index is 0. The van der Waals surface area contributed by atoms with Crippen molar-refractivity contribution in [2.24, 2.45) is 0 Å². The fourth-order valence-corrected chi connectivity index (χ4v) is 2.11. The van der Waals surface area contributed by atoms with Gasteiger partial charge in [0.25, 0.3) is 0 Å². The monoisotopic (exact) mass is 668 g/mol. The first-order chi connectivity index (χ1) is 13.5. The minimum Gasteiger partial charge on any atom is -0.464 e. The largest absolute Gasteiger partial charge is 0.470 e. The Morgan fingerprint density at radius 1 is 0.935 bits per heavy atom. The third-order valence-corrected chi connectivity index (χ3v) is 4.62. The number of hydrogen-bond acceptors (Lipinski definition) is 6. The highest BCUT2D eigenvalue weighted by molar-refractivity contribution is 9.11. The molecule has 176 valence electrons. The van der Waals surface area contributed by atoms with Crippen LogP contribution >= 0.6 is 47.8 Å². The van der Waals surface area contributed by atoms with Crippen molar-refractivity contribution in [1.29, 1.82) is 0 Å². The number of methoxy groups -OCH3 is 1. The maximum Gasteiger partial charge on any atom is 0.470 e. The van der Waals surface area contributed by atoms with E-state index in [1.807, 2.05) is 12.1 Å². The van der Waals surface area contributed by atoms with Crippen molar-refractivity contribution in [3.8, 4) is 0 Å². The Labute approximate surface area is 199 Å². The summed E-state index contributed by atoms with van der Waals surface area (Å²) < 4.78 is 95.6. The van der Waals surface area contributed by atoms with Gasteiger partial charge in [-0.2, -0.15) is 30.4 Å². The minimum absolute atomic E-state index is 0. The summed E-state index contributed by atoms with van der Waals surface area (Å²) in [6, 6.07) is 6.03. The highest BCUT2D eigenvalue weighted by Gasteiger charge is 2.55. The Kier molecular flexibility index (Phi) is 13.7. The number of alkyl halides is 5. The quantitative estimate of drug-likeness (QED) is 0.165. The Morgan fingerprint density at radius 2 is 1.39 bits per heavy atom. The second-order valence-corrected chi connectivity index (χ2v) is 8.64. The molecule has 31 heavy (non-hydrogen) atoms. The predicted molar refractivity (Wildman–Crippen MR) is 110 cm³/mol. The molecule has 0 radical (unpaired) electrons. The predicted octanol–water partition coefficient (Wildman–Crippen LogP) is 6.16. The van der Waals surface area contributed by atoms with E-state index in [0.29, 0.717) is 11.6 Å². The normalized spacial score (nSPS) is 11.0. The van der Waals surface area contributed by atoms with E-state index >= 15 is 0 Å². The van der Waals surface area contributed by atoms with Gasteiger partial charge in [-0.1, -0.05) is 11.3 Å². The number of pyridine rings is 2. The van der Waals surface area contributed by atoms with E-state index in [4.69, 9.17) is 0 Å². The standard InChI is InChI=1S/C6H3BrF3N.C5H3Br2N.C3H3F3O4S.CH4/c7-4-1-2-5(11-3-4)6(8,9)10;6-4-1-2-5(7)8-3-4;1-10-2(7)3(4,5)11(6,8)9;/h1-3H;1-3H;1H3;1H4. The summed E-state index contributed by atoms with van der Waals surface area (Å²) in [6.07, 6.45) is -1.49. The van der Waals surface area contributed by atoms with Gasteiger partial charge in [-0.05, 0) is 72.1 Å². The van der Waals surface area contributed by atoms with Gasteiger partial charge < -0.3 is 4.74 Å². The highest BCUT2D eigenvalue weighted by atomic mass is 79.9. The molecule has 2 aromatic rings. The fourth-order valence-electron chi connectivity index (χ4n) is 1.12. The van der Waals surface area contributed by atoms with E-state index in [-0.39, 0.29) is 7.43 Å². The summed E-state index contributed by atoms with van der Waals surface area (Å²) >= 11 is 9.46. The number of rotatable bonds is 2. The molecule has 0 fully saturated rings. The third-order valence-electron chi connectivity index (χ3n) is 2.44. The van der Waals surface area contributed by atoms with E-state index in [9.17, 15) is 39.1 Å². The topological polar surface area (TPSA) is 86.2 Å². The molecule has 0 aliphatic rings. The first-order valence-electron chi connectivity index (χ1n) is 6.88. The number of carbonyl (C=O) groups is 1. The van der Waals surface area contributed by atoms with Crippen LogP contribution in [0.25, 0.3) is 0 Å². The van der Waals surface area contributed by atoms with Gasteiger partial charge in [-0.25, -0.2) is 9.78 Å². The minimum atomic E-state index is -6.22. The maximum atomic E-state index is 11.9. The van der Waals surface area contributed by atoms with Crippen molar-refractivity contribution in [2.75, 3.05) is 7.11 Å². The SMILES string of the molecule is Brc1ccc(Br)nc1.C.COC(=O)C(F)(F)S(=O)(=O)F.FC(F)(F)c1ccc(Br)cn1. The number of halogens is 9. The number of hydrogen-bond donors (Lipinski definition) is 0. The van der Waals surface area contributed by atoms with Gasteiger partial charge >= 0.3 is 27.6 Å². The number of esters is 1. The summed E-state index contributed by atoms with van der Waals surface area (Å²) in [4.78, 5) is 17.0. The van der Waals surface area contributed by atoms with Crippen LogP contribution in [0.2, 0.25) is 0 Å². The van der Waals surface area contributed by atoms with Crippen LogP contribution in [0.3, 0.4) is 0 Å². The fraction of sp³-hybridized carbons (Fsp3) is 0.267. The molecule has 0 N–H and O–H groups in total. The Hall–Kier alpha value is -1.26. The summed E-state index contributed by atoms with van der Waals surface area (Å²) in [6.45, 7) is 0. The van der Waals surface area contributed by atoms with Gasteiger partial charge in [0.15, 0.2) is 0 Å². The molecule has 2 rings (SSSR count). The number of aromatic nitrogens is 2. The Bertz CT molecular complexity index is 906. The molecule has 0 unspecified atom stereocenters. The highest BCUT2D eigenvalue weighted by Crippen LogP contribution is 2.27. The van der Waals surface area contributed by atoms with Crippen LogP contribution in [0.1, 0.15) is 13.1 Å². The maximum absolute atomic E-state index is 11.9. The molecule has 2 heterocycles. The van der Waals surface area contributed by atoms with Gasteiger partial charge in [0.05, 0.1) is 7.11 Å². The van der Waals surface area contributed by atoms with Gasteiger partial charge in [0.2, 0.25) is 0 Å². The summed E-state index contributed by atoms with van der Waals surface area (Å²) in [7, 11) is -5.71. The Morgan fingerprint density at radius 3 is 1.61 bits per heavy atom. The van der Waals surface area contributed by atoms with Crippen molar-refractivity contribution in [3.63, 3.8) is 0 Å². The van der Waals surface area contributed by atoms with Gasteiger partial charge in [0, 0.05) is 21.3 Å². The second-order valence-electron chi connectivity index (χ2n) is 4.60. The van der Waals surface area contributed by atoms with Crippen molar-refractivity contribution in [3.05, 3.63) is 55.9 Å². The summed E-state index contributed by atoms with van der Waals surface area (Å²) in [5.74, 6) is -2.44. The number of carbonyl (C=O) groups excluding carboxylic acids is 1. The zero-order valence-corrected chi connectivity index (χ0v) is 19.9. The van der Waals surface area contributed by atoms with Crippen molar-refractivity contribution < 1.29 is 43.8 Å². The van der Waals surface area contributed by atoms with Crippen LogP contribution in [0.15, 0.2) is 50.2 Å². The van der Waals surface area contributed by atoms with Crippen LogP contribution in [0.4, 0.5) is 25.8 Å². The molecule has 0 spiro atoms. The molecule has 0 aliphatic heterocycles. The average Bonchev–Trinajstić information content (AvgIpc) is 2.63. The van der Waals surface area contributed by atoms with Gasteiger partial charge in [-0.3, -0.25) is 4.98 Å². The molecular formula is C15H13Br3F6N2O4S. The second kappa shape index (κ2) is 13.3. The van der Waals surface area contributed by atoms with Crippen molar-refractivity contribution in [1.82, 2.24) is 9.97 Å². The molecule has 0 bridgehead atoms. The van der Waals surface area contributed by atoms with E-state index in [2.05, 4.69) is 62.5 Å². The summed E-state index contributed by atoms with van der Waals surface area (Å²) in [5.41, 5.74) is -0.874. The van der Waals surface area contributed by atoms with Crippen molar-refractivity contribution in [2.45, 2.75) is 18.9 Å². The lowest BCUT2D eigenvalue weighted by Crippen LogP contribution is -2.36. The van der Waals surface area contributed by atoms with Gasteiger partial charge in [0.1, 0.15) is 10.3 Å². The van der Waals surface area contributed by atoms with Crippen LogP contribution in [-0.4, -0.2) is 36.7 Å². The van der Waals surface area contributed by atoms with E-state index in [1.54, 1.807) is 6.20 Å². The average molecular weight is 671 g/mol. The lowest BCUT2D eigenvalue weighted by atomic mass is 10.3. The zero-order valence-electron chi connectivity index (χ0n) is 14.3. The van der Waals surface area contributed by atoms with E-state index in [1.165, 1.54) is 6.07 Å². The molecule has 0 aliphatic carbocycles. The number of nitrogens with zero attached hydrogens (tertiary/aromatic N) is 2. The smallest absolute Gasteiger partial charge is 0.464 e. The zero-order chi connectivity index (χ0) is 23.8. The van der Waals surface area contributed by atoms with E-state index < -0.39 is 33.3 Å². The first-order valence-corrected chi connectivity index (χ1v) is 10.6. The number of ether oxygens (including phenoxy) is 1. The van der Waals surface area contributed by atoms with Gasteiger partial charge in [-0.15, -0.1) is 0 Å². The molecule has 0 amide bonds. The van der Waals surface area contributed by atoms with E-state index in [0.717, 1.165) is 21.3 Å². The van der Waals surface area contributed by atoms with Crippen LogP contribution in [0.5, 0.6) is 0 Å². The lowest BCUT2D eigenvalue weighted by Gasteiger charge is -2.06. The molecular weight excluding hydrogens is 658 g/mol. The molecule has 0 atom stereocenters.